The van der Waals surface area contributed by atoms with Crippen molar-refractivity contribution < 1.29 is 14.3 Å². The number of carbonyl (C=O) groups is 2. The van der Waals surface area contributed by atoms with E-state index >= 15 is 0 Å². The number of ether oxygens (including phenoxy) is 1. The Kier molecular flexibility index (Phi) is 5.95. The van der Waals surface area contributed by atoms with Crippen molar-refractivity contribution in [3.05, 3.63) is 30.1 Å². The van der Waals surface area contributed by atoms with Crippen molar-refractivity contribution in [2.24, 2.45) is 11.3 Å². The zero-order valence-corrected chi connectivity index (χ0v) is 16.6. The second-order valence-corrected chi connectivity index (χ2v) is 8.63. The van der Waals surface area contributed by atoms with Gasteiger partial charge in [-0.05, 0) is 61.6 Å². The first-order chi connectivity index (χ1) is 13.7. The van der Waals surface area contributed by atoms with Crippen LogP contribution >= 0.6 is 0 Å². The van der Waals surface area contributed by atoms with Crippen molar-refractivity contribution in [3.8, 4) is 0 Å². The molecule has 3 fully saturated rings. The molecule has 0 saturated carbocycles. The van der Waals surface area contributed by atoms with Crippen LogP contribution in [0.25, 0.3) is 0 Å². The number of likely N-dealkylation sites (tertiary alicyclic amines) is 2. The van der Waals surface area contributed by atoms with E-state index in [1.54, 1.807) is 12.4 Å². The summed E-state index contributed by atoms with van der Waals surface area (Å²) in [6, 6.07) is 4.04. The maximum absolute atomic E-state index is 12.8. The Hall–Kier alpha value is -1.95. The van der Waals surface area contributed by atoms with Gasteiger partial charge in [-0.15, -0.1) is 0 Å². The van der Waals surface area contributed by atoms with Gasteiger partial charge >= 0.3 is 0 Å². The first-order valence-corrected chi connectivity index (χ1v) is 10.7. The highest BCUT2D eigenvalue weighted by molar-refractivity contribution is 5.79. The molecule has 152 valence electrons. The summed E-state index contributed by atoms with van der Waals surface area (Å²) >= 11 is 0. The largest absolute Gasteiger partial charge is 0.381 e. The highest BCUT2D eigenvalue weighted by Crippen LogP contribution is 2.40. The van der Waals surface area contributed by atoms with Crippen molar-refractivity contribution in [2.75, 3.05) is 39.4 Å². The molecule has 0 aliphatic carbocycles. The maximum atomic E-state index is 12.8. The molecule has 6 heteroatoms. The monoisotopic (exact) mass is 385 g/mol. The van der Waals surface area contributed by atoms with Gasteiger partial charge in [0.2, 0.25) is 11.8 Å². The van der Waals surface area contributed by atoms with Crippen molar-refractivity contribution in [1.82, 2.24) is 14.8 Å². The van der Waals surface area contributed by atoms with E-state index in [2.05, 4.69) is 14.8 Å². The fourth-order valence-electron chi connectivity index (χ4n) is 4.93. The number of amides is 2. The first kappa shape index (κ1) is 19.4. The van der Waals surface area contributed by atoms with Crippen LogP contribution in [-0.4, -0.2) is 66.0 Å². The lowest BCUT2D eigenvalue weighted by atomic mass is 9.72. The molecule has 2 amide bonds. The van der Waals surface area contributed by atoms with Gasteiger partial charge < -0.3 is 14.5 Å². The van der Waals surface area contributed by atoms with Gasteiger partial charge in [0.05, 0.1) is 0 Å². The van der Waals surface area contributed by atoms with Gasteiger partial charge in [0, 0.05) is 64.1 Å². The second-order valence-electron chi connectivity index (χ2n) is 8.63. The zero-order valence-electron chi connectivity index (χ0n) is 16.6. The van der Waals surface area contributed by atoms with E-state index < -0.39 is 0 Å². The minimum atomic E-state index is 0.146. The summed E-state index contributed by atoms with van der Waals surface area (Å²) in [5, 5.41) is 0. The van der Waals surface area contributed by atoms with E-state index in [4.69, 9.17) is 4.74 Å². The molecule has 0 aromatic carbocycles. The summed E-state index contributed by atoms with van der Waals surface area (Å²) in [5.41, 5.74) is 1.41. The second kappa shape index (κ2) is 8.60. The van der Waals surface area contributed by atoms with Crippen LogP contribution in [-0.2, 0) is 20.7 Å². The minimum Gasteiger partial charge on any atom is -0.381 e. The molecule has 1 spiro atoms. The summed E-state index contributed by atoms with van der Waals surface area (Å²) in [5.74, 6) is 0.743. The van der Waals surface area contributed by atoms with Gasteiger partial charge in [0.15, 0.2) is 0 Å². The number of pyridine rings is 1. The number of aromatic nitrogens is 1. The predicted molar refractivity (Wildman–Crippen MR) is 106 cm³/mol. The topological polar surface area (TPSA) is 62.7 Å². The fourth-order valence-corrected chi connectivity index (χ4v) is 4.93. The average molecular weight is 386 g/mol. The number of nitrogens with zero attached hydrogens (tertiary/aromatic N) is 3. The van der Waals surface area contributed by atoms with Gasteiger partial charge in [-0.3, -0.25) is 14.6 Å². The SMILES string of the molecule is O=C1CCC2(CCN(C(=O)C3CCOCC3)CC2)CN1CCc1ccncc1. The third-order valence-corrected chi connectivity index (χ3v) is 6.87. The molecule has 28 heavy (non-hydrogen) atoms. The quantitative estimate of drug-likeness (QED) is 0.798. The van der Waals surface area contributed by atoms with E-state index in [1.807, 2.05) is 12.1 Å². The Balaban J connectivity index is 1.31. The minimum absolute atomic E-state index is 0.146. The lowest BCUT2D eigenvalue weighted by molar-refractivity contribution is -0.145. The van der Waals surface area contributed by atoms with E-state index in [9.17, 15) is 9.59 Å². The molecule has 0 radical (unpaired) electrons. The van der Waals surface area contributed by atoms with Gasteiger partial charge in [-0.25, -0.2) is 0 Å². The molecular formula is C22H31N3O3. The summed E-state index contributed by atoms with van der Waals surface area (Å²) in [6.07, 6.45) is 9.84. The summed E-state index contributed by atoms with van der Waals surface area (Å²) in [4.78, 5) is 33.4. The van der Waals surface area contributed by atoms with Crippen LogP contribution in [0.4, 0.5) is 0 Å². The summed E-state index contributed by atoms with van der Waals surface area (Å²) < 4.78 is 5.39. The molecule has 4 rings (SSSR count). The van der Waals surface area contributed by atoms with E-state index in [0.29, 0.717) is 25.5 Å². The molecule has 1 aromatic heterocycles. The molecule has 1 aromatic rings. The predicted octanol–water partition coefficient (Wildman–Crippen LogP) is 2.28. The number of carbonyl (C=O) groups excluding carboxylic acids is 2. The third-order valence-electron chi connectivity index (χ3n) is 6.87. The number of rotatable bonds is 4. The summed E-state index contributed by atoms with van der Waals surface area (Å²) in [7, 11) is 0. The van der Waals surface area contributed by atoms with Crippen LogP contribution in [0.1, 0.15) is 44.1 Å². The van der Waals surface area contributed by atoms with Crippen LogP contribution in [0, 0.1) is 11.3 Å². The van der Waals surface area contributed by atoms with Crippen LogP contribution in [0.5, 0.6) is 0 Å². The smallest absolute Gasteiger partial charge is 0.225 e. The summed E-state index contributed by atoms with van der Waals surface area (Å²) in [6.45, 7) is 4.71. The third kappa shape index (κ3) is 4.37. The van der Waals surface area contributed by atoms with E-state index in [-0.39, 0.29) is 17.2 Å². The molecular weight excluding hydrogens is 354 g/mol. The lowest BCUT2D eigenvalue weighted by Crippen LogP contribution is -2.53. The fraction of sp³-hybridized carbons (Fsp3) is 0.682. The molecule has 0 N–H and O–H groups in total. The zero-order chi connectivity index (χ0) is 19.4. The normalized spacial score (nSPS) is 23.2. The lowest BCUT2D eigenvalue weighted by Gasteiger charge is -2.48. The van der Waals surface area contributed by atoms with Crippen LogP contribution in [0.2, 0.25) is 0 Å². The molecule has 0 bridgehead atoms. The van der Waals surface area contributed by atoms with Gasteiger partial charge in [0.25, 0.3) is 0 Å². The van der Waals surface area contributed by atoms with Crippen molar-refractivity contribution >= 4 is 11.8 Å². The number of hydrogen-bond acceptors (Lipinski definition) is 4. The Labute approximate surface area is 167 Å². The molecule has 6 nitrogen and oxygen atoms in total. The van der Waals surface area contributed by atoms with E-state index in [1.165, 1.54) is 5.56 Å². The highest BCUT2D eigenvalue weighted by atomic mass is 16.5. The van der Waals surface area contributed by atoms with E-state index in [0.717, 1.165) is 64.7 Å². The van der Waals surface area contributed by atoms with Crippen molar-refractivity contribution in [1.29, 1.82) is 0 Å². The Morgan fingerprint density at radius 2 is 1.86 bits per heavy atom. The van der Waals surface area contributed by atoms with Gasteiger partial charge in [0.1, 0.15) is 0 Å². The molecule has 4 heterocycles. The molecule has 3 saturated heterocycles. The van der Waals surface area contributed by atoms with Gasteiger partial charge in [-0.2, -0.15) is 0 Å². The van der Waals surface area contributed by atoms with Crippen LogP contribution in [0.15, 0.2) is 24.5 Å². The Bertz CT molecular complexity index is 680. The number of hydrogen-bond donors (Lipinski definition) is 0. The van der Waals surface area contributed by atoms with Gasteiger partial charge in [-0.1, -0.05) is 0 Å². The molecule has 0 unspecified atom stereocenters. The molecule has 3 aliphatic heterocycles. The molecule has 3 aliphatic rings. The Morgan fingerprint density at radius 3 is 2.57 bits per heavy atom. The highest BCUT2D eigenvalue weighted by Gasteiger charge is 2.42. The van der Waals surface area contributed by atoms with Crippen molar-refractivity contribution in [3.63, 3.8) is 0 Å². The Morgan fingerprint density at radius 1 is 1.14 bits per heavy atom. The van der Waals surface area contributed by atoms with Crippen LogP contribution in [0.3, 0.4) is 0 Å². The standard InChI is InChI=1S/C22H31N3O3/c26-20-1-7-22(17-25(20)12-4-18-2-10-23-11-3-18)8-13-24(14-9-22)21(27)19-5-15-28-16-6-19/h2-3,10-11,19H,1,4-9,12-17H2. The molecule has 0 atom stereocenters. The number of piperidine rings is 2. The maximum Gasteiger partial charge on any atom is 0.225 e. The van der Waals surface area contributed by atoms with Crippen molar-refractivity contribution in [2.45, 2.75) is 44.9 Å². The first-order valence-electron chi connectivity index (χ1n) is 10.7. The average Bonchev–Trinajstić information content (AvgIpc) is 2.76. The van der Waals surface area contributed by atoms with Crippen LogP contribution < -0.4 is 0 Å².